The van der Waals surface area contributed by atoms with Crippen molar-refractivity contribution < 1.29 is 14.6 Å². The highest BCUT2D eigenvalue weighted by atomic mass is 16.6. The summed E-state index contributed by atoms with van der Waals surface area (Å²) >= 11 is 0. The van der Waals surface area contributed by atoms with Crippen LogP contribution in [0.4, 0.5) is 0 Å². The minimum absolute atomic E-state index is 0.404. The molecule has 3 nitrogen and oxygen atoms in total. The van der Waals surface area contributed by atoms with Crippen molar-refractivity contribution in [3.05, 3.63) is 71.8 Å². The molecule has 1 aliphatic heterocycles. The molecule has 3 heteroatoms. The molecular weight excluding hydrogens is 228 g/mol. The molecule has 90 valence electrons. The molecule has 0 saturated carbocycles. The summed E-state index contributed by atoms with van der Waals surface area (Å²) in [6.45, 7) is 0. The van der Waals surface area contributed by atoms with Crippen LogP contribution in [-0.2, 0) is 15.1 Å². The third-order valence-electron chi connectivity index (χ3n) is 3.24. The summed E-state index contributed by atoms with van der Waals surface area (Å²) in [5, 5.41) is 9.46. The quantitative estimate of drug-likeness (QED) is 0.839. The lowest BCUT2D eigenvalue weighted by Gasteiger charge is -2.07. The number of carbonyl (C=O) groups is 1. The van der Waals surface area contributed by atoms with Gasteiger partial charge >= 0.3 is 5.97 Å². The van der Waals surface area contributed by atoms with E-state index in [1.807, 2.05) is 48.5 Å². The van der Waals surface area contributed by atoms with Crippen molar-refractivity contribution in [3.8, 4) is 0 Å². The highest BCUT2D eigenvalue weighted by molar-refractivity contribution is 5.84. The first-order valence-electron chi connectivity index (χ1n) is 5.77. The molecule has 1 aliphatic rings. The Hall–Kier alpha value is -2.13. The van der Waals surface area contributed by atoms with Crippen molar-refractivity contribution in [1.82, 2.24) is 0 Å². The lowest BCUT2D eigenvalue weighted by atomic mass is 9.92. The number of rotatable bonds is 3. The molecule has 0 spiro atoms. The minimum atomic E-state index is -1.22. The molecule has 2 aromatic carbocycles. The summed E-state index contributed by atoms with van der Waals surface area (Å²) in [5.74, 6) is -0.942. The fourth-order valence-electron chi connectivity index (χ4n) is 2.27. The van der Waals surface area contributed by atoms with Crippen molar-refractivity contribution in [2.75, 3.05) is 0 Å². The van der Waals surface area contributed by atoms with Gasteiger partial charge in [0.25, 0.3) is 0 Å². The Labute approximate surface area is 105 Å². The maximum atomic E-state index is 11.5. The van der Waals surface area contributed by atoms with Crippen molar-refractivity contribution in [1.29, 1.82) is 0 Å². The first-order chi connectivity index (χ1) is 8.75. The molecular formula is C15H12O3. The van der Waals surface area contributed by atoms with Crippen LogP contribution >= 0.6 is 0 Å². The molecule has 1 fully saturated rings. The van der Waals surface area contributed by atoms with Gasteiger partial charge in [-0.1, -0.05) is 60.7 Å². The van der Waals surface area contributed by atoms with Gasteiger partial charge in [0, 0.05) is 0 Å². The Morgan fingerprint density at radius 1 is 1.00 bits per heavy atom. The zero-order valence-electron chi connectivity index (χ0n) is 9.61. The number of hydrogen-bond donors (Lipinski definition) is 1. The lowest BCUT2D eigenvalue weighted by Crippen LogP contribution is -2.22. The van der Waals surface area contributed by atoms with Gasteiger partial charge in [-0.05, 0) is 11.1 Å². The smallest absolute Gasteiger partial charge is 0.343 e. The molecule has 3 rings (SSSR count). The fourth-order valence-corrected chi connectivity index (χ4v) is 2.27. The van der Waals surface area contributed by atoms with Gasteiger partial charge in [-0.25, -0.2) is 4.79 Å². The molecule has 1 N–H and O–H groups in total. The lowest BCUT2D eigenvalue weighted by molar-refractivity contribution is -0.143. The maximum Gasteiger partial charge on any atom is 0.343 e. The second-order valence-electron chi connectivity index (χ2n) is 4.32. The number of carboxylic acids is 1. The van der Waals surface area contributed by atoms with Gasteiger partial charge in [-0.3, -0.25) is 0 Å². The molecule has 1 saturated heterocycles. The average Bonchev–Trinajstić information content (AvgIpc) is 3.18. The van der Waals surface area contributed by atoms with Gasteiger partial charge < -0.3 is 9.84 Å². The van der Waals surface area contributed by atoms with Gasteiger partial charge in [0.15, 0.2) is 0 Å². The highest BCUT2D eigenvalue weighted by Gasteiger charge is 2.65. The Bertz CT molecular complexity index is 565. The highest BCUT2D eigenvalue weighted by Crippen LogP contribution is 2.57. The Balaban J connectivity index is 2.01. The SMILES string of the molecule is O=C(O)[C@]1(c2ccccc2)O[C@H]1c1ccccc1. The van der Waals surface area contributed by atoms with E-state index in [1.54, 1.807) is 12.1 Å². The van der Waals surface area contributed by atoms with E-state index in [0.29, 0.717) is 5.56 Å². The Morgan fingerprint density at radius 2 is 1.56 bits per heavy atom. The molecule has 0 bridgehead atoms. The van der Waals surface area contributed by atoms with Crippen molar-refractivity contribution in [3.63, 3.8) is 0 Å². The summed E-state index contributed by atoms with van der Waals surface area (Å²) < 4.78 is 5.54. The topological polar surface area (TPSA) is 49.8 Å². The third-order valence-corrected chi connectivity index (χ3v) is 3.24. The first kappa shape index (κ1) is 11.0. The predicted molar refractivity (Wildman–Crippen MR) is 66.0 cm³/mol. The summed E-state index contributed by atoms with van der Waals surface area (Å²) in [6, 6.07) is 18.5. The van der Waals surface area contributed by atoms with Crippen LogP contribution in [0.2, 0.25) is 0 Å². The molecule has 2 atom stereocenters. The molecule has 0 unspecified atom stereocenters. The maximum absolute atomic E-state index is 11.5. The van der Waals surface area contributed by atoms with Gasteiger partial charge in [0.05, 0.1) is 0 Å². The molecule has 1 heterocycles. The standard InChI is InChI=1S/C15H12O3/c16-14(17)15(12-9-5-2-6-10-12)13(18-15)11-7-3-1-4-8-11/h1-10,13H,(H,16,17)/t13-,15+/m0/s1. The van der Waals surface area contributed by atoms with E-state index >= 15 is 0 Å². The fraction of sp³-hybridized carbons (Fsp3) is 0.133. The van der Waals surface area contributed by atoms with E-state index in [4.69, 9.17) is 4.74 Å². The van der Waals surface area contributed by atoms with Crippen molar-refractivity contribution in [2.45, 2.75) is 11.7 Å². The summed E-state index contributed by atoms with van der Waals surface area (Å²) in [5.41, 5.74) is 0.359. The molecule has 0 aliphatic carbocycles. The van der Waals surface area contributed by atoms with E-state index in [2.05, 4.69) is 0 Å². The van der Waals surface area contributed by atoms with Gasteiger partial charge in [0.2, 0.25) is 5.60 Å². The average molecular weight is 240 g/mol. The van der Waals surface area contributed by atoms with Crippen molar-refractivity contribution in [2.24, 2.45) is 0 Å². The monoisotopic (exact) mass is 240 g/mol. The van der Waals surface area contributed by atoms with Gasteiger partial charge in [-0.15, -0.1) is 0 Å². The summed E-state index contributed by atoms with van der Waals surface area (Å²) in [6.07, 6.45) is -0.404. The number of aliphatic carboxylic acids is 1. The van der Waals surface area contributed by atoms with Crippen LogP contribution in [-0.4, -0.2) is 11.1 Å². The Kier molecular flexibility index (Phi) is 2.42. The van der Waals surface area contributed by atoms with E-state index in [-0.39, 0.29) is 0 Å². The zero-order chi connectivity index (χ0) is 12.6. The van der Waals surface area contributed by atoms with Crippen molar-refractivity contribution >= 4 is 5.97 Å². The first-order valence-corrected chi connectivity index (χ1v) is 5.77. The zero-order valence-corrected chi connectivity index (χ0v) is 9.61. The second kappa shape index (κ2) is 3.96. The minimum Gasteiger partial charge on any atom is -0.479 e. The van der Waals surface area contributed by atoms with E-state index in [1.165, 1.54) is 0 Å². The van der Waals surface area contributed by atoms with Crippen LogP contribution in [0.1, 0.15) is 17.2 Å². The number of benzene rings is 2. The van der Waals surface area contributed by atoms with Crippen LogP contribution < -0.4 is 0 Å². The van der Waals surface area contributed by atoms with Crippen LogP contribution in [0.25, 0.3) is 0 Å². The molecule has 0 amide bonds. The number of carboxylic acid groups (broad SMARTS) is 1. The van der Waals surface area contributed by atoms with Gasteiger partial charge in [0.1, 0.15) is 6.10 Å². The Morgan fingerprint density at radius 3 is 2.11 bits per heavy atom. The number of hydrogen-bond acceptors (Lipinski definition) is 2. The van der Waals surface area contributed by atoms with Crippen LogP contribution in [0.3, 0.4) is 0 Å². The van der Waals surface area contributed by atoms with E-state index in [0.717, 1.165) is 5.56 Å². The molecule has 18 heavy (non-hydrogen) atoms. The van der Waals surface area contributed by atoms with Gasteiger partial charge in [-0.2, -0.15) is 0 Å². The molecule has 2 aromatic rings. The van der Waals surface area contributed by atoms with Crippen LogP contribution in [0.15, 0.2) is 60.7 Å². The largest absolute Gasteiger partial charge is 0.479 e. The molecule has 0 radical (unpaired) electrons. The van der Waals surface area contributed by atoms with Crippen LogP contribution in [0.5, 0.6) is 0 Å². The predicted octanol–water partition coefficient (Wildman–Crippen LogP) is 2.74. The van der Waals surface area contributed by atoms with E-state index in [9.17, 15) is 9.90 Å². The second-order valence-corrected chi connectivity index (χ2v) is 4.32. The summed E-state index contributed by atoms with van der Waals surface area (Å²) in [4.78, 5) is 11.5. The van der Waals surface area contributed by atoms with Crippen LogP contribution in [0, 0.1) is 0 Å². The normalized spacial score (nSPS) is 25.7. The number of ether oxygens (including phenoxy) is 1. The number of epoxide rings is 1. The van der Waals surface area contributed by atoms with E-state index < -0.39 is 17.7 Å². The molecule has 0 aromatic heterocycles. The third kappa shape index (κ3) is 1.52. The summed E-state index contributed by atoms with van der Waals surface area (Å²) in [7, 11) is 0.